The summed E-state index contributed by atoms with van der Waals surface area (Å²) < 4.78 is 0. The van der Waals surface area contributed by atoms with Crippen LogP contribution in [0.3, 0.4) is 0 Å². The molecule has 84 valence electrons. The summed E-state index contributed by atoms with van der Waals surface area (Å²) in [5.74, 6) is 0. The van der Waals surface area contributed by atoms with Crippen LogP contribution >= 0.6 is 12.2 Å². The smallest absolute Gasteiger partial charge is 0.166 e. The molecular formula is C11H24N2S. The van der Waals surface area contributed by atoms with Gasteiger partial charge in [0.15, 0.2) is 5.11 Å². The van der Waals surface area contributed by atoms with Crippen LogP contribution in [0.1, 0.15) is 52.9 Å². The highest BCUT2D eigenvalue weighted by Crippen LogP contribution is 2.00. The molecular weight excluding hydrogens is 192 g/mol. The van der Waals surface area contributed by atoms with Gasteiger partial charge in [-0.05, 0) is 31.5 Å². The molecule has 0 aromatic heterocycles. The number of thiocarbonyl (C=S) groups is 1. The summed E-state index contributed by atoms with van der Waals surface area (Å²) in [5, 5.41) is 7.39. The number of unbranched alkanes of at least 4 members (excludes halogenated alkanes) is 1. The minimum absolute atomic E-state index is 0.543. The van der Waals surface area contributed by atoms with Gasteiger partial charge in [0, 0.05) is 12.6 Å². The van der Waals surface area contributed by atoms with E-state index in [1.807, 2.05) is 0 Å². The van der Waals surface area contributed by atoms with Gasteiger partial charge in [0.1, 0.15) is 0 Å². The third-order valence-corrected chi connectivity index (χ3v) is 2.54. The largest absolute Gasteiger partial charge is 0.363 e. The van der Waals surface area contributed by atoms with Gasteiger partial charge < -0.3 is 10.6 Å². The Morgan fingerprint density at radius 3 is 2.43 bits per heavy atom. The Morgan fingerprint density at radius 1 is 1.21 bits per heavy atom. The second-order valence-corrected chi connectivity index (χ2v) is 4.06. The van der Waals surface area contributed by atoms with Gasteiger partial charge in [-0.2, -0.15) is 0 Å². The highest BCUT2D eigenvalue weighted by molar-refractivity contribution is 7.80. The Labute approximate surface area is 93.8 Å². The SMILES string of the molecule is CCCCNC(=S)NC(CC)CCC. The number of nitrogens with one attached hydrogen (secondary N) is 2. The van der Waals surface area contributed by atoms with E-state index in [0.717, 1.165) is 18.1 Å². The topological polar surface area (TPSA) is 24.1 Å². The van der Waals surface area contributed by atoms with Gasteiger partial charge in [-0.3, -0.25) is 0 Å². The van der Waals surface area contributed by atoms with E-state index >= 15 is 0 Å². The molecule has 0 fully saturated rings. The lowest BCUT2D eigenvalue weighted by molar-refractivity contribution is 0.531. The third kappa shape index (κ3) is 7.13. The van der Waals surface area contributed by atoms with Crippen molar-refractivity contribution in [3.63, 3.8) is 0 Å². The maximum atomic E-state index is 5.20. The van der Waals surface area contributed by atoms with Crippen LogP contribution < -0.4 is 10.6 Å². The number of hydrogen-bond acceptors (Lipinski definition) is 1. The number of hydrogen-bond donors (Lipinski definition) is 2. The van der Waals surface area contributed by atoms with Crippen molar-refractivity contribution in [2.24, 2.45) is 0 Å². The van der Waals surface area contributed by atoms with E-state index < -0.39 is 0 Å². The molecule has 2 N–H and O–H groups in total. The highest BCUT2D eigenvalue weighted by atomic mass is 32.1. The van der Waals surface area contributed by atoms with Crippen molar-refractivity contribution in [1.82, 2.24) is 10.6 Å². The summed E-state index contributed by atoms with van der Waals surface area (Å²) in [7, 11) is 0. The van der Waals surface area contributed by atoms with Crippen molar-refractivity contribution in [1.29, 1.82) is 0 Å². The van der Waals surface area contributed by atoms with E-state index in [1.54, 1.807) is 0 Å². The monoisotopic (exact) mass is 216 g/mol. The molecule has 0 saturated carbocycles. The van der Waals surface area contributed by atoms with Crippen molar-refractivity contribution in [3.05, 3.63) is 0 Å². The van der Waals surface area contributed by atoms with Crippen LogP contribution in [0.15, 0.2) is 0 Å². The molecule has 0 radical (unpaired) electrons. The third-order valence-electron chi connectivity index (χ3n) is 2.28. The fraction of sp³-hybridized carbons (Fsp3) is 0.909. The zero-order chi connectivity index (χ0) is 10.8. The summed E-state index contributed by atoms with van der Waals surface area (Å²) in [6.07, 6.45) is 5.95. The first-order valence-corrected chi connectivity index (χ1v) is 6.19. The Kier molecular flexibility index (Phi) is 9.05. The van der Waals surface area contributed by atoms with E-state index in [1.165, 1.54) is 25.7 Å². The van der Waals surface area contributed by atoms with Gasteiger partial charge in [0.05, 0.1) is 0 Å². The molecule has 14 heavy (non-hydrogen) atoms. The molecule has 0 aromatic carbocycles. The lowest BCUT2D eigenvalue weighted by Gasteiger charge is -2.18. The second kappa shape index (κ2) is 9.25. The molecule has 2 nitrogen and oxygen atoms in total. The summed E-state index contributed by atoms with van der Waals surface area (Å²) in [5.41, 5.74) is 0. The summed E-state index contributed by atoms with van der Waals surface area (Å²) in [6, 6.07) is 0.543. The van der Waals surface area contributed by atoms with Crippen LogP contribution in [0.2, 0.25) is 0 Å². The van der Waals surface area contributed by atoms with E-state index in [4.69, 9.17) is 12.2 Å². The van der Waals surface area contributed by atoms with Crippen LogP contribution in [-0.2, 0) is 0 Å². The highest BCUT2D eigenvalue weighted by Gasteiger charge is 2.05. The first kappa shape index (κ1) is 13.7. The van der Waals surface area contributed by atoms with Crippen LogP contribution in [0.5, 0.6) is 0 Å². The van der Waals surface area contributed by atoms with E-state index in [2.05, 4.69) is 31.4 Å². The lowest BCUT2D eigenvalue weighted by atomic mass is 10.1. The molecule has 1 atom stereocenters. The Hall–Kier alpha value is -0.310. The Bertz CT molecular complexity index is 148. The van der Waals surface area contributed by atoms with Crippen LogP contribution in [0.4, 0.5) is 0 Å². The molecule has 0 bridgehead atoms. The molecule has 3 heteroatoms. The number of rotatable bonds is 7. The van der Waals surface area contributed by atoms with E-state index in [0.29, 0.717) is 6.04 Å². The van der Waals surface area contributed by atoms with E-state index in [9.17, 15) is 0 Å². The summed E-state index contributed by atoms with van der Waals surface area (Å²) >= 11 is 5.20. The predicted octanol–water partition coefficient (Wildman–Crippen LogP) is 2.83. The van der Waals surface area contributed by atoms with Gasteiger partial charge in [0.25, 0.3) is 0 Å². The minimum Gasteiger partial charge on any atom is -0.363 e. The van der Waals surface area contributed by atoms with Crippen LogP contribution in [0.25, 0.3) is 0 Å². The maximum absolute atomic E-state index is 5.20. The quantitative estimate of drug-likeness (QED) is 0.505. The Morgan fingerprint density at radius 2 is 1.93 bits per heavy atom. The Balaban J connectivity index is 3.56. The average Bonchev–Trinajstić information content (AvgIpc) is 2.17. The molecule has 0 aliphatic rings. The van der Waals surface area contributed by atoms with Crippen molar-refractivity contribution in [3.8, 4) is 0 Å². The zero-order valence-corrected chi connectivity index (χ0v) is 10.5. The predicted molar refractivity (Wildman–Crippen MR) is 67.6 cm³/mol. The molecule has 0 spiro atoms. The molecule has 1 unspecified atom stereocenters. The molecule has 0 aliphatic carbocycles. The van der Waals surface area contributed by atoms with Crippen molar-refractivity contribution in [2.75, 3.05) is 6.54 Å². The first-order valence-electron chi connectivity index (χ1n) is 5.78. The molecule has 0 rings (SSSR count). The van der Waals surface area contributed by atoms with Gasteiger partial charge in [-0.25, -0.2) is 0 Å². The molecule has 0 aromatic rings. The van der Waals surface area contributed by atoms with Gasteiger partial charge in [-0.1, -0.05) is 33.6 Å². The lowest BCUT2D eigenvalue weighted by Crippen LogP contribution is -2.41. The first-order chi connectivity index (χ1) is 6.74. The van der Waals surface area contributed by atoms with Crippen molar-refractivity contribution >= 4 is 17.3 Å². The van der Waals surface area contributed by atoms with Gasteiger partial charge >= 0.3 is 0 Å². The van der Waals surface area contributed by atoms with Crippen LogP contribution in [-0.4, -0.2) is 17.7 Å². The summed E-state index contributed by atoms with van der Waals surface area (Å²) in [4.78, 5) is 0. The van der Waals surface area contributed by atoms with Gasteiger partial charge in [-0.15, -0.1) is 0 Å². The van der Waals surface area contributed by atoms with Gasteiger partial charge in [0.2, 0.25) is 0 Å². The minimum atomic E-state index is 0.543. The average molecular weight is 216 g/mol. The maximum Gasteiger partial charge on any atom is 0.166 e. The second-order valence-electron chi connectivity index (χ2n) is 3.65. The molecule has 0 heterocycles. The summed E-state index contributed by atoms with van der Waals surface area (Å²) in [6.45, 7) is 7.58. The fourth-order valence-electron chi connectivity index (χ4n) is 1.34. The molecule has 0 saturated heterocycles. The fourth-order valence-corrected chi connectivity index (χ4v) is 1.61. The van der Waals surface area contributed by atoms with Crippen LogP contribution in [0, 0.1) is 0 Å². The van der Waals surface area contributed by atoms with E-state index in [-0.39, 0.29) is 0 Å². The van der Waals surface area contributed by atoms with Crippen molar-refractivity contribution in [2.45, 2.75) is 58.9 Å². The molecule has 0 aliphatic heterocycles. The molecule has 0 amide bonds. The normalized spacial score (nSPS) is 12.2. The zero-order valence-electron chi connectivity index (χ0n) is 9.73. The van der Waals surface area contributed by atoms with Crippen molar-refractivity contribution < 1.29 is 0 Å². The standard InChI is InChI=1S/C11H24N2S/c1-4-7-9-12-11(14)13-10(6-3)8-5-2/h10H,4-9H2,1-3H3,(H2,12,13,14).